The Morgan fingerprint density at radius 1 is 1.29 bits per heavy atom. The zero-order valence-corrected chi connectivity index (χ0v) is 13.1. The number of hydrogen-bond acceptors (Lipinski definition) is 3. The van der Waals surface area contributed by atoms with E-state index in [1.807, 2.05) is 7.05 Å². The fourth-order valence-electron chi connectivity index (χ4n) is 3.29. The number of hydrogen-bond donors (Lipinski definition) is 1. The van der Waals surface area contributed by atoms with Crippen LogP contribution in [0.5, 0.6) is 0 Å². The minimum absolute atomic E-state index is 0.581. The van der Waals surface area contributed by atoms with Gasteiger partial charge in [0.15, 0.2) is 0 Å². The van der Waals surface area contributed by atoms with Crippen molar-refractivity contribution in [3.8, 4) is 0 Å². The molecule has 0 radical (unpaired) electrons. The van der Waals surface area contributed by atoms with Crippen LogP contribution in [-0.4, -0.2) is 12.2 Å². The fourth-order valence-corrected chi connectivity index (χ4v) is 3.29. The van der Waals surface area contributed by atoms with E-state index in [-0.39, 0.29) is 0 Å². The Bertz CT molecular complexity index is 585. The normalized spacial score (nSPS) is 17.8. The molecule has 1 aliphatic rings. The first-order chi connectivity index (χ1) is 10.2. The molecular formula is C18H24N2O. The first-order valence-corrected chi connectivity index (χ1v) is 7.91. The largest absolute Gasteiger partial charge is 0.357 e. The minimum atomic E-state index is 0.581. The topological polar surface area (TPSA) is 38.1 Å². The van der Waals surface area contributed by atoms with E-state index in [1.165, 1.54) is 16.7 Å². The van der Waals surface area contributed by atoms with Gasteiger partial charge in [0.1, 0.15) is 0 Å². The molecule has 3 heteroatoms. The van der Waals surface area contributed by atoms with E-state index < -0.39 is 0 Å². The van der Waals surface area contributed by atoms with E-state index in [9.17, 15) is 0 Å². The maximum atomic E-state index is 5.35. The highest BCUT2D eigenvalue weighted by Gasteiger charge is 2.26. The van der Waals surface area contributed by atoms with Gasteiger partial charge in [0.05, 0.1) is 5.69 Å². The maximum absolute atomic E-state index is 5.35. The van der Waals surface area contributed by atoms with Crippen LogP contribution in [0.25, 0.3) is 0 Å². The molecule has 1 heterocycles. The molecular weight excluding hydrogens is 260 g/mol. The van der Waals surface area contributed by atoms with Gasteiger partial charge >= 0.3 is 0 Å². The quantitative estimate of drug-likeness (QED) is 0.915. The van der Waals surface area contributed by atoms with Crippen LogP contribution in [0, 0.1) is 5.92 Å². The van der Waals surface area contributed by atoms with Crippen molar-refractivity contribution in [1.29, 1.82) is 0 Å². The highest BCUT2D eigenvalue weighted by atomic mass is 16.5. The number of rotatable bonds is 4. The first-order valence-electron chi connectivity index (χ1n) is 7.91. The predicted octanol–water partition coefficient (Wildman–Crippen LogP) is 4.19. The monoisotopic (exact) mass is 284 g/mol. The maximum Gasteiger partial charge on any atom is 0.227 e. The number of aryl methyl sites for hydroxylation is 1. The summed E-state index contributed by atoms with van der Waals surface area (Å²) >= 11 is 0. The molecule has 0 amide bonds. The summed E-state index contributed by atoms with van der Waals surface area (Å²) in [5, 5.41) is 7.27. The van der Waals surface area contributed by atoms with Crippen LogP contribution >= 0.6 is 0 Å². The Morgan fingerprint density at radius 2 is 2.05 bits per heavy atom. The Hall–Kier alpha value is -1.77. The van der Waals surface area contributed by atoms with Gasteiger partial charge in [-0.15, -0.1) is 0 Å². The molecule has 1 atom stereocenters. The van der Waals surface area contributed by atoms with Crippen molar-refractivity contribution in [1.82, 2.24) is 5.16 Å². The molecule has 1 unspecified atom stereocenters. The van der Waals surface area contributed by atoms with Gasteiger partial charge in [0, 0.05) is 12.6 Å². The highest BCUT2D eigenvalue weighted by molar-refractivity contribution is 5.46. The average Bonchev–Trinajstić information content (AvgIpc) is 2.89. The molecule has 1 aromatic carbocycles. The Kier molecular flexibility index (Phi) is 4.00. The third kappa shape index (κ3) is 2.97. The number of fused-ring (bicyclic) bond motifs is 1. The van der Waals surface area contributed by atoms with Crippen molar-refractivity contribution in [2.45, 2.75) is 45.4 Å². The summed E-state index contributed by atoms with van der Waals surface area (Å²) in [7, 11) is 1.89. The van der Waals surface area contributed by atoms with Gasteiger partial charge in [-0.1, -0.05) is 43.3 Å². The van der Waals surface area contributed by atoms with Crippen molar-refractivity contribution in [3.63, 3.8) is 0 Å². The van der Waals surface area contributed by atoms with Crippen LogP contribution in [-0.2, 0) is 19.3 Å². The van der Waals surface area contributed by atoms with Crippen LogP contribution in [0.3, 0.4) is 0 Å². The van der Waals surface area contributed by atoms with Gasteiger partial charge < -0.3 is 9.84 Å². The highest BCUT2D eigenvalue weighted by Crippen LogP contribution is 2.36. The van der Waals surface area contributed by atoms with Gasteiger partial charge in [-0.25, -0.2) is 0 Å². The molecule has 112 valence electrons. The summed E-state index contributed by atoms with van der Waals surface area (Å²) in [5.74, 6) is 2.13. The molecule has 0 spiro atoms. The van der Waals surface area contributed by atoms with Crippen LogP contribution in [0.4, 0.5) is 5.88 Å². The van der Waals surface area contributed by atoms with Crippen LogP contribution in [0.1, 0.15) is 48.6 Å². The van der Waals surface area contributed by atoms with Gasteiger partial charge in [-0.3, -0.25) is 0 Å². The standard InChI is InChI=1S/C18H24N2O/c1-12(2)10-13-4-6-14(7-5-13)15-8-9-17-16(11-15)18(19-3)21-20-17/h4-7,12,15,19H,8-11H2,1-3H3. The molecule has 3 nitrogen and oxygen atoms in total. The molecule has 1 aromatic heterocycles. The Labute approximate surface area is 126 Å². The van der Waals surface area contributed by atoms with Gasteiger partial charge in [0.2, 0.25) is 5.88 Å². The second-order valence-corrected chi connectivity index (χ2v) is 6.47. The van der Waals surface area contributed by atoms with E-state index >= 15 is 0 Å². The molecule has 0 bridgehead atoms. The molecule has 0 saturated carbocycles. The Morgan fingerprint density at radius 3 is 2.71 bits per heavy atom. The predicted molar refractivity (Wildman–Crippen MR) is 85.8 cm³/mol. The molecule has 0 fully saturated rings. The van der Waals surface area contributed by atoms with E-state index in [2.05, 4.69) is 48.6 Å². The zero-order chi connectivity index (χ0) is 14.8. The van der Waals surface area contributed by atoms with E-state index in [1.54, 1.807) is 0 Å². The third-order valence-corrected chi connectivity index (χ3v) is 4.37. The fraction of sp³-hybridized carbons (Fsp3) is 0.500. The number of benzene rings is 1. The van der Waals surface area contributed by atoms with Gasteiger partial charge in [0.25, 0.3) is 0 Å². The summed E-state index contributed by atoms with van der Waals surface area (Å²) in [5.41, 5.74) is 5.27. The number of aromatic nitrogens is 1. The smallest absolute Gasteiger partial charge is 0.227 e. The van der Waals surface area contributed by atoms with E-state index in [0.717, 1.165) is 37.3 Å². The number of nitrogens with zero attached hydrogens (tertiary/aromatic N) is 1. The number of nitrogens with one attached hydrogen (secondary N) is 1. The molecule has 3 rings (SSSR count). The minimum Gasteiger partial charge on any atom is -0.357 e. The number of anilines is 1. The lowest BCUT2D eigenvalue weighted by molar-refractivity contribution is 0.424. The van der Waals surface area contributed by atoms with Crippen molar-refractivity contribution in [2.24, 2.45) is 5.92 Å². The summed E-state index contributed by atoms with van der Waals surface area (Å²) in [6.07, 6.45) is 4.36. The van der Waals surface area contributed by atoms with Gasteiger partial charge in [-0.05, 0) is 48.6 Å². The first kappa shape index (κ1) is 14.2. The third-order valence-electron chi connectivity index (χ3n) is 4.37. The van der Waals surface area contributed by atoms with Crippen LogP contribution in [0.2, 0.25) is 0 Å². The van der Waals surface area contributed by atoms with Crippen molar-refractivity contribution >= 4 is 5.88 Å². The zero-order valence-electron chi connectivity index (χ0n) is 13.1. The van der Waals surface area contributed by atoms with E-state index in [4.69, 9.17) is 4.52 Å². The Balaban J connectivity index is 1.76. The van der Waals surface area contributed by atoms with Crippen molar-refractivity contribution in [3.05, 3.63) is 46.6 Å². The second kappa shape index (κ2) is 5.92. The van der Waals surface area contributed by atoms with E-state index in [0.29, 0.717) is 11.8 Å². The second-order valence-electron chi connectivity index (χ2n) is 6.47. The summed E-state index contributed by atoms with van der Waals surface area (Å²) < 4.78 is 5.35. The molecule has 0 aliphatic heterocycles. The SMILES string of the molecule is CNc1onc2c1CC(c1ccc(CC(C)C)cc1)CC2. The molecule has 1 N–H and O–H groups in total. The van der Waals surface area contributed by atoms with Crippen LogP contribution < -0.4 is 5.32 Å². The molecule has 21 heavy (non-hydrogen) atoms. The lowest BCUT2D eigenvalue weighted by Crippen LogP contribution is -2.13. The lowest BCUT2D eigenvalue weighted by atomic mass is 9.82. The molecule has 0 saturated heterocycles. The summed E-state index contributed by atoms with van der Waals surface area (Å²) in [6.45, 7) is 4.53. The summed E-state index contributed by atoms with van der Waals surface area (Å²) in [6, 6.07) is 9.19. The van der Waals surface area contributed by atoms with Crippen molar-refractivity contribution in [2.75, 3.05) is 12.4 Å². The average molecular weight is 284 g/mol. The van der Waals surface area contributed by atoms with Crippen molar-refractivity contribution < 1.29 is 4.52 Å². The van der Waals surface area contributed by atoms with Gasteiger partial charge in [-0.2, -0.15) is 0 Å². The molecule has 2 aromatic rings. The van der Waals surface area contributed by atoms with Crippen LogP contribution in [0.15, 0.2) is 28.8 Å². The molecule has 1 aliphatic carbocycles. The summed E-state index contributed by atoms with van der Waals surface area (Å²) in [4.78, 5) is 0. The lowest BCUT2D eigenvalue weighted by Gasteiger charge is -2.22.